The molecule has 43 valence electrons. The molecule has 0 aliphatic carbocycles. The van der Waals surface area contributed by atoms with E-state index >= 15 is 0 Å². The molecule has 0 N–H and O–H groups in total. The van der Waals surface area contributed by atoms with Gasteiger partial charge in [0, 0.05) is 22.4 Å². The largest absolute Gasteiger partial charge is 0.147 e. The molecule has 0 aromatic heterocycles. The first kappa shape index (κ1) is 66.5. The second-order valence-corrected chi connectivity index (χ2v) is 0. The van der Waals surface area contributed by atoms with Gasteiger partial charge in [-0.25, -0.2) is 0 Å². The summed E-state index contributed by atoms with van der Waals surface area (Å²) in [6.45, 7) is 0. The van der Waals surface area contributed by atoms with E-state index in [1.54, 1.807) is 0 Å². The SMILES string of the molecule is Cl.Cl.Cl.Cl.[Au]. The molecule has 0 saturated carbocycles. The maximum Gasteiger partial charge on any atom is 0 e. The maximum absolute atomic E-state index is 0. The van der Waals surface area contributed by atoms with E-state index in [1.165, 1.54) is 0 Å². The first-order chi connectivity index (χ1) is 0. The third-order valence-electron chi connectivity index (χ3n) is 0. The molecule has 0 heterocycles. The molecule has 0 atom stereocenters. The average molecular weight is 343 g/mol. The van der Waals surface area contributed by atoms with Crippen molar-refractivity contribution in [3.8, 4) is 0 Å². The van der Waals surface area contributed by atoms with Crippen LogP contribution in [0.1, 0.15) is 0 Å². The van der Waals surface area contributed by atoms with Crippen LogP contribution in [0.15, 0.2) is 0 Å². The smallest absolute Gasteiger partial charge is 0 e. The first-order valence-electron chi connectivity index (χ1n) is 0. The normalized spacial score (nSPS) is 0. The van der Waals surface area contributed by atoms with Gasteiger partial charge < -0.3 is 0 Å². The molecular weight excluding hydrogens is 339 g/mol. The van der Waals surface area contributed by atoms with Crippen molar-refractivity contribution in [3.63, 3.8) is 0 Å². The van der Waals surface area contributed by atoms with Gasteiger partial charge in [0.25, 0.3) is 0 Å². The average Bonchev–Trinajstić information content (AvgIpc) is 0. The molecule has 0 fully saturated rings. The van der Waals surface area contributed by atoms with E-state index in [0.29, 0.717) is 0 Å². The van der Waals surface area contributed by atoms with E-state index in [2.05, 4.69) is 0 Å². The number of halogens is 4. The number of rotatable bonds is 0. The van der Waals surface area contributed by atoms with Crippen molar-refractivity contribution < 1.29 is 22.4 Å². The standard InChI is InChI=1S/Au.4ClH/h;4*1H. The Bertz CT molecular complexity index is 3.61. The first-order valence-corrected chi connectivity index (χ1v) is 0. The van der Waals surface area contributed by atoms with E-state index in [4.69, 9.17) is 0 Å². The second kappa shape index (κ2) is 39.2. The topological polar surface area (TPSA) is 0 Å². The molecule has 0 amide bonds. The van der Waals surface area contributed by atoms with Crippen LogP contribution in [0.5, 0.6) is 0 Å². The fourth-order valence-electron chi connectivity index (χ4n) is 0. The van der Waals surface area contributed by atoms with Crippen LogP contribution >= 0.6 is 49.6 Å². The summed E-state index contributed by atoms with van der Waals surface area (Å²) in [6, 6.07) is 0. The summed E-state index contributed by atoms with van der Waals surface area (Å²) in [5.41, 5.74) is 0. The summed E-state index contributed by atoms with van der Waals surface area (Å²) in [5.74, 6) is 0. The Morgan fingerprint density at radius 1 is 0.400 bits per heavy atom. The van der Waals surface area contributed by atoms with Crippen molar-refractivity contribution >= 4 is 49.6 Å². The van der Waals surface area contributed by atoms with Crippen LogP contribution in [0.2, 0.25) is 0 Å². The Morgan fingerprint density at radius 3 is 0.400 bits per heavy atom. The van der Waals surface area contributed by atoms with Crippen LogP contribution < -0.4 is 0 Å². The molecule has 0 bridgehead atoms. The van der Waals surface area contributed by atoms with Gasteiger partial charge in [-0.1, -0.05) is 0 Å². The minimum Gasteiger partial charge on any atom is -0.147 e. The molecule has 1 radical (unpaired) electrons. The van der Waals surface area contributed by atoms with Crippen LogP contribution in [-0.2, 0) is 22.4 Å². The van der Waals surface area contributed by atoms with Crippen molar-refractivity contribution in [3.05, 3.63) is 0 Å². The maximum atomic E-state index is 0. The monoisotopic (exact) mass is 341 g/mol. The molecule has 0 aliphatic rings. The summed E-state index contributed by atoms with van der Waals surface area (Å²) in [7, 11) is 0. The van der Waals surface area contributed by atoms with Crippen molar-refractivity contribution in [1.82, 2.24) is 0 Å². The molecule has 0 rings (SSSR count). The fourth-order valence-corrected chi connectivity index (χ4v) is 0. The molecule has 0 aliphatic heterocycles. The van der Waals surface area contributed by atoms with Gasteiger partial charge in [0.05, 0.1) is 0 Å². The van der Waals surface area contributed by atoms with Gasteiger partial charge in [0.1, 0.15) is 0 Å². The van der Waals surface area contributed by atoms with Crippen LogP contribution in [0.3, 0.4) is 0 Å². The summed E-state index contributed by atoms with van der Waals surface area (Å²) < 4.78 is 0. The summed E-state index contributed by atoms with van der Waals surface area (Å²) in [4.78, 5) is 0. The molecule has 0 nitrogen and oxygen atoms in total. The predicted molar refractivity (Wildman–Crippen MR) is 29.0 cm³/mol. The third kappa shape index (κ3) is 24.9. The quantitative estimate of drug-likeness (QED) is 0.588. The van der Waals surface area contributed by atoms with Crippen molar-refractivity contribution in [2.75, 3.05) is 0 Å². The molecule has 0 spiro atoms. The Kier molecular flexibility index (Phi) is 522. The van der Waals surface area contributed by atoms with Gasteiger partial charge in [-0.2, -0.15) is 0 Å². The Hall–Kier alpha value is 1.90. The molecule has 0 aromatic carbocycles. The van der Waals surface area contributed by atoms with E-state index in [9.17, 15) is 0 Å². The van der Waals surface area contributed by atoms with Gasteiger partial charge in [-0.3, -0.25) is 0 Å². The number of hydrogen-bond acceptors (Lipinski definition) is 0. The third-order valence-corrected chi connectivity index (χ3v) is 0. The predicted octanol–water partition coefficient (Wildman–Crippen LogP) is 1.68. The zero-order valence-corrected chi connectivity index (χ0v) is 7.37. The molecule has 5 heteroatoms. The molecular formula is H4AuCl4. The van der Waals surface area contributed by atoms with Crippen LogP contribution in [0.25, 0.3) is 0 Å². The molecule has 5 heavy (non-hydrogen) atoms. The van der Waals surface area contributed by atoms with Crippen LogP contribution in [0, 0.1) is 0 Å². The molecule has 0 aromatic rings. The van der Waals surface area contributed by atoms with E-state index in [1.807, 2.05) is 0 Å². The van der Waals surface area contributed by atoms with E-state index < -0.39 is 0 Å². The Balaban J connectivity index is 0. The van der Waals surface area contributed by atoms with Crippen LogP contribution in [-0.4, -0.2) is 0 Å². The summed E-state index contributed by atoms with van der Waals surface area (Å²) >= 11 is 0. The summed E-state index contributed by atoms with van der Waals surface area (Å²) in [6.07, 6.45) is 0. The van der Waals surface area contributed by atoms with Gasteiger partial charge in [-0.05, 0) is 0 Å². The zero-order chi connectivity index (χ0) is 0. The van der Waals surface area contributed by atoms with Gasteiger partial charge in [-0.15, -0.1) is 49.6 Å². The summed E-state index contributed by atoms with van der Waals surface area (Å²) in [5, 5.41) is 0. The van der Waals surface area contributed by atoms with Crippen molar-refractivity contribution in [2.24, 2.45) is 0 Å². The second-order valence-electron chi connectivity index (χ2n) is 0. The Labute approximate surface area is 71.6 Å². The minimum absolute atomic E-state index is 0. The van der Waals surface area contributed by atoms with Gasteiger partial charge in [0.2, 0.25) is 0 Å². The van der Waals surface area contributed by atoms with Gasteiger partial charge >= 0.3 is 0 Å². The van der Waals surface area contributed by atoms with Crippen molar-refractivity contribution in [2.45, 2.75) is 0 Å². The zero-order valence-electron chi connectivity index (χ0n) is 1.93. The van der Waals surface area contributed by atoms with Gasteiger partial charge in [0.15, 0.2) is 0 Å². The number of hydrogen-bond donors (Lipinski definition) is 0. The molecule has 0 saturated heterocycles. The fraction of sp³-hybridized carbons (Fsp3) is 0. The minimum atomic E-state index is 0. The molecule has 0 unspecified atom stereocenters. The van der Waals surface area contributed by atoms with E-state index in [-0.39, 0.29) is 72.0 Å². The van der Waals surface area contributed by atoms with Crippen molar-refractivity contribution in [1.29, 1.82) is 0 Å². The van der Waals surface area contributed by atoms with E-state index in [0.717, 1.165) is 0 Å². The Morgan fingerprint density at radius 2 is 0.400 bits per heavy atom. The van der Waals surface area contributed by atoms with Crippen LogP contribution in [0.4, 0.5) is 0 Å².